The molecule has 0 aromatic heterocycles. The summed E-state index contributed by atoms with van der Waals surface area (Å²) < 4.78 is 11.9. The van der Waals surface area contributed by atoms with E-state index >= 15 is 0 Å². The molecule has 4 aliphatic rings. The molecule has 2 N–H and O–H groups in total. The Hall–Kier alpha value is -1.40. The summed E-state index contributed by atoms with van der Waals surface area (Å²) in [4.78, 5) is 25.8. The lowest BCUT2D eigenvalue weighted by Gasteiger charge is -2.64. The maximum Gasteiger partial charge on any atom is 0.287 e. The summed E-state index contributed by atoms with van der Waals surface area (Å²) in [6.45, 7) is 9.52. The van der Waals surface area contributed by atoms with Gasteiger partial charge in [-0.15, -0.1) is 0 Å². The van der Waals surface area contributed by atoms with E-state index in [9.17, 15) is 19.8 Å². The fraction of sp³-hybridized carbons (Fsp3) is 0.810. The third-order valence-electron chi connectivity index (χ3n) is 8.08. The Balaban J connectivity index is 1.83. The lowest BCUT2D eigenvalue weighted by atomic mass is 9.43. The molecule has 0 radical (unpaired) electrons. The van der Waals surface area contributed by atoms with E-state index in [0.29, 0.717) is 24.8 Å². The van der Waals surface area contributed by atoms with Gasteiger partial charge < -0.3 is 19.7 Å². The molecule has 6 nitrogen and oxygen atoms in total. The van der Waals surface area contributed by atoms with Gasteiger partial charge in [-0.2, -0.15) is 0 Å². The van der Waals surface area contributed by atoms with Crippen molar-refractivity contribution in [3.05, 3.63) is 11.5 Å². The van der Waals surface area contributed by atoms with Crippen molar-refractivity contribution in [3.63, 3.8) is 0 Å². The zero-order valence-corrected chi connectivity index (χ0v) is 16.7. The number of ether oxygens (including phenoxy) is 2. The Kier molecular flexibility index (Phi) is 3.91. The predicted octanol–water partition coefficient (Wildman–Crippen LogP) is 2.12. The Bertz CT molecular complexity index is 739. The molecule has 7 atom stereocenters. The smallest absolute Gasteiger partial charge is 0.287 e. The molecule has 2 heterocycles. The Morgan fingerprint density at radius 3 is 2.30 bits per heavy atom. The van der Waals surface area contributed by atoms with Crippen LogP contribution < -0.4 is 0 Å². The zero-order valence-electron chi connectivity index (χ0n) is 16.7. The number of rotatable bonds is 0. The van der Waals surface area contributed by atoms with E-state index in [0.717, 1.165) is 0 Å². The summed E-state index contributed by atoms with van der Waals surface area (Å²) in [5.74, 6) is -0.335. The number of carbonyl (C=O) groups is 2. The van der Waals surface area contributed by atoms with Gasteiger partial charge in [0.05, 0.1) is 17.8 Å². The number of hydrogen-bond acceptors (Lipinski definition) is 6. The van der Waals surface area contributed by atoms with Gasteiger partial charge in [0.2, 0.25) is 0 Å². The minimum absolute atomic E-state index is 0.00596. The molecular formula is C21H30O6. The number of allylic oxidation sites excluding steroid dienone is 1. The van der Waals surface area contributed by atoms with Crippen LogP contribution in [0.2, 0.25) is 0 Å². The first-order valence-corrected chi connectivity index (χ1v) is 9.93. The molecular weight excluding hydrogens is 348 g/mol. The number of ketones is 2. The van der Waals surface area contributed by atoms with Crippen LogP contribution in [-0.2, 0) is 19.1 Å². The monoisotopic (exact) mass is 378 g/mol. The minimum atomic E-state index is -1.00. The molecule has 2 saturated carbocycles. The molecule has 2 aliphatic heterocycles. The lowest BCUT2D eigenvalue weighted by molar-refractivity contribution is -0.255. The predicted molar refractivity (Wildman–Crippen MR) is 96.4 cm³/mol. The Morgan fingerprint density at radius 1 is 0.963 bits per heavy atom. The molecule has 4 rings (SSSR count). The molecule has 0 spiro atoms. The van der Waals surface area contributed by atoms with Gasteiger partial charge in [0.25, 0.3) is 5.95 Å². The van der Waals surface area contributed by atoms with Crippen LogP contribution in [0.25, 0.3) is 0 Å². The average molecular weight is 378 g/mol. The number of aliphatic hydroxyl groups excluding tert-OH is 2. The van der Waals surface area contributed by atoms with E-state index < -0.39 is 28.6 Å². The molecule has 0 unspecified atom stereocenters. The van der Waals surface area contributed by atoms with E-state index in [1.54, 1.807) is 0 Å². The summed E-state index contributed by atoms with van der Waals surface area (Å²) >= 11 is 0. The summed E-state index contributed by atoms with van der Waals surface area (Å²) in [6, 6.07) is 0. The normalized spacial score (nSPS) is 48.8. The van der Waals surface area contributed by atoms with Crippen molar-refractivity contribution in [1.29, 1.82) is 0 Å². The van der Waals surface area contributed by atoms with E-state index in [4.69, 9.17) is 9.47 Å². The average Bonchev–Trinajstić information content (AvgIpc) is 2.55. The molecule has 0 saturated heterocycles. The van der Waals surface area contributed by atoms with Gasteiger partial charge in [0, 0.05) is 24.2 Å². The fourth-order valence-electron chi connectivity index (χ4n) is 6.16. The van der Waals surface area contributed by atoms with Gasteiger partial charge in [-0.05, 0) is 38.0 Å². The van der Waals surface area contributed by atoms with Crippen molar-refractivity contribution in [2.45, 2.75) is 84.2 Å². The van der Waals surface area contributed by atoms with Crippen LogP contribution >= 0.6 is 0 Å². The molecule has 2 fully saturated rings. The highest BCUT2D eigenvalue weighted by atomic mass is 16.7. The summed E-state index contributed by atoms with van der Waals surface area (Å²) in [5.41, 5.74) is -1.80. The van der Waals surface area contributed by atoms with Gasteiger partial charge in [0.1, 0.15) is 17.5 Å². The van der Waals surface area contributed by atoms with Crippen LogP contribution in [-0.4, -0.2) is 45.7 Å². The summed E-state index contributed by atoms with van der Waals surface area (Å²) in [5, 5.41) is 21.6. The van der Waals surface area contributed by atoms with Crippen LogP contribution in [0.15, 0.2) is 11.5 Å². The maximum atomic E-state index is 13.2. The highest BCUT2D eigenvalue weighted by Crippen LogP contribution is 2.64. The maximum absolute atomic E-state index is 13.2. The first kappa shape index (κ1) is 18.9. The van der Waals surface area contributed by atoms with Crippen molar-refractivity contribution < 1.29 is 29.3 Å². The molecule has 150 valence electrons. The highest BCUT2D eigenvalue weighted by molar-refractivity contribution is 5.97. The third-order valence-corrected chi connectivity index (χ3v) is 8.08. The standard InChI is InChI=1S/C21H30O6/c1-10-6-12(22)11-7-14-20(4)13(19(2,3)15(23)9-16(20)24)8-17(25)21(14,5)27-18(11)26-10/h10,13-15,17,23,25H,6-9H2,1-5H3/t10-,13-,14-,15-,17-,20-,21+/m1/s1. The van der Waals surface area contributed by atoms with Crippen molar-refractivity contribution >= 4 is 11.6 Å². The number of carbonyl (C=O) groups excluding carboxylic acids is 2. The summed E-state index contributed by atoms with van der Waals surface area (Å²) in [6.07, 6.45) is -0.693. The minimum Gasteiger partial charge on any atom is -0.462 e. The molecule has 0 aromatic rings. The van der Waals surface area contributed by atoms with Crippen LogP contribution in [0.5, 0.6) is 0 Å². The van der Waals surface area contributed by atoms with Gasteiger partial charge in [-0.1, -0.05) is 20.8 Å². The van der Waals surface area contributed by atoms with E-state index in [-0.39, 0.29) is 41.9 Å². The van der Waals surface area contributed by atoms with Crippen molar-refractivity contribution in [1.82, 2.24) is 0 Å². The van der Waals surface area contributed by atoms with E-state index in [1.165, 1.54) is 0 Å². The van der Waals surface area contributed by atoms with Crippen LogP contribution in [0, 0.1) is 22.7 Å². The number of aliphatic hydroxyl groups is 2. The second kappa shape index (κ2) is 5.57. The molecule has 0 aromatic carbocycles. The van der Waals surface area contributed by atoms with Crippen molar-refractivity contribution in [2.75, 3.05) is 0 Å². The topological polar surface area (TPSA) is 93.1 Å². The fourth-order valence-corrected chi connectivity index (χ4v) is 6.16. The SMILES string of the molecule is C[C@@H]1CC(=O)C2=C(O1)O[C@]1(C)[C@H](O)C[C@@H]3C(C)(C)[C@H](O)CC(=O)[C@@]3(C)[C@H]1C2. The van der Waals surface area contributed by atoms with Crippen LogP contribution in [0.4, 0.5) is 0 Å². The zero-order chi connectivity index (χ0) is 19.9. The molecule has 0 bridgehead atoms. The van der Waals surface area contributed by atoms with E-state index in [2.05, 4.69) is 0 Å². The Labute approximate surface area is 159 Å². The van der Waals surface area contributed by atoms with Gasteiger partial charge in [-0.25, -0.2) is 0 Å². The second-order valence-electron chi connectivity index (χ2n) is 9.92. The molecule has 6 heteroatoms. The van der Waals surface area contributed by atoms with Crippen LogP contribution in [0.3, 0.4) is 0 Å². The van der Waals surface area contributed by atoms with Crippen LogP contribution in [0.1, 0.15) is 60.3 Å². The molecule has 27 heavy (non-hydrogen) atoms. The number of hydrogen-bond donors (Lipinski definition) is 2. The molecule has 2 aliphatic carbocycles. The molecule has 0 amide bonds. The Morgan fingerprint density at radius 2 is 1.63 bits per heavy atom. The van der Waals surface area contributed by atoms with Crippen molar-refractivity contribution in [3.8, 4) is 0 Å². The van der Waals surface area contributed by atoms with Gasteiger partial charge >= 0.3 is 0 Å². The first-order valence-electron chi connectivity index (χ1n) is 9.93. The largest absolute Gasteiger partial charge is 0.462 e. The first-order chi connectivity index (χ1) is 12.4. The van der Waals surface area contributed by atoms with Gasteiger partial charge in [-0.3, -0.25) is 9.59 Å². The lowest BCUT2D eigenvalue weighted by Crippen LogP contribution is -2.70. The third kappa shape index (κ3) is 2.32. The van der Waals surface area contributed by atoms with E-state index in [1.807, 2.05) is 34.6 Å². The summed E-state index contributed by atoms with van der Waals surface area (Å²) in [7, 11) is 0. The number of Topliss-reactive ketones (excluding diaryl/α,β-unsaturated/α-hetero) is 2. The van der Waals surface area contributed by atoms with Gasteiger partial charge in [0.15, 0.2) is 5.78 Å². The van der Waals surface area contributed by atoms with Crippen molar-refractivity contribution in [2.24, 2.45) is 22.7 Å². The second-order valence-corrected chi connectivity index (χ2v) is 9.92. The number of fused-ring (bicyclic) bond motifs is 3. The highest BCUT2D eigenvalue weighted by Gasteiger charge is 2.69. The quantitative estimate of drug-likeness (QED) is 0.671.